The molecule has 2 aromatic carbocycles. The van der Waals surface area contributed by atoms with Crippen molar-refractivity contribution in [3.8, 4) is 10.4 Å². The van der Waals surface area contributed by atoms with Crippen molar-refractivity contribution in [3.05, 3.63) is 76.7 Å². The summed E-state index contributed by atoms with van der Waals surface area (Å²) in [6.45, 7) is 6.90. The van der Waals surface area contributed by atoms with Gasteiger partial charge in [-0.25, -0.2) is 4.79 Å². The Kier molecular flexibility index (Phi) is 7.22. The van der Waals surface area contributed by atoms with Crippen LogP contribution in [-0.4, -0.2) is 17.0 Å². The monoisotopic (exact) mass is 475 g/mol. The van der Waals surface area contributed by atoms with Gasteiger partial charge in [-0.15, -0.1) is 11.3 Å². The predicted octanol–water partition coefficient (Wildman–Crippen LogP) is 7.52. The molecule has 4 nitrogen and oxygen atoms in total. The van der Waals surface area contributed by atoms with Gasteiger partial charge in [-0.05, 0) is 41.0 Å². The minimum Gasteiger partial charge on any atom is -0.477 e. The van der Waals surface area contributed by atoms with E-state index in [0.717, 1.165) is 48.1 Å². The van der Waals surface area contributed by atoms with Crippen molar-refractivity contribution in [2.45, 2.75) is 64.8 Å². The maximum Gasteiger partial charge on any atom is 0.348 e. The molecule has 1 N–H and O–H groups in total. The highest BCUT2D eigenvalue weighted by molar-refractivity contribution is 7.18. The Morgan fingerprint density at radius 3 is 2.21 bits per heavy atom. The van der Waals surface area contributed by atoms with E-state index >= 15 is 0 Å². The van der Waals surface area contributed by atoms with Crippen LogP contribution in [-0.2, 0) is 16.8 Å². The molecule has 0 spiro atoms. The molecule has 1 aliphatic rings. The maximum absolute atomic E-state index is 13.8. The molecular formula is C29H33NO3S. The standard InChI is InChI=1S/C29H33NO3S/c1-29(2,3)23-16-14-20(15-17-23)19-30(27(31)22-12-8-5-9-13-22)24-18-25(34-26(24)28(32)33)21-10-6-4-7-11-21/h4,6-7,10-11,14-18,22H,5,8-9,12-13,19H2,1-3H3,(H,32,33). The fourth-order valence-corrected chi connectivity index (χ4v) is 5.63. The summed E-state index contributed by atoms with van der Waals surface area (Å²) in [5, 5.41) is 10.0. The summed E-state index contributed by atoms with van der Waals surface area (Å²) >= 11 is 1.24. The number of anilines is 1. The van der Waals surface area contributed by atoms with Crippen LogP contribution in [0.2, 0.25) is 0 Å². The lowest BCUT2D eigenvalue weighted by atomic mass is 9.86. The normalized spacial score (nSPS) is 14.7. The Balaban J connectivity index is 1.74. The third kappa shape index (κ3) is 5.41. The second kappa shape index (κ2) is 10.1. The fraction of sp³-hybridized carbons (Fsp3) is 0.379. The molecule has 4 rings (SSSR count). The summed E-state index contributed by atoms with van der Waals surface area (Å²) in [7, 11) is 0. The number of aromatic carboxylic acids is 1. The van der Waals surface area contributed by atoms with Gasteiger partial charge in [0, 0.05) is 10.8 Å². The minimum atomic E-state index is -0.994. The van der Waals surface area contributed by atoms with E-state index in [4.69, 9.17) is 0 Å². The second-order valence-electron chi connectivity index (χ2n) is 10.2. The van der Waals surface area contributed by atoms with E-state index in [2.05, 4.69) is 45.0 Å². The third-order valence-electron chi connectivity index (χ3n) is 6.64. The molecule has 0 unspecified atom stereocenters. The van der Waals surface area contributed by atoms with Gasteiger partial charge in [-0.1, -0.05) is 94.6 Å². The maximum atomic E-state index is 13.8. The Labute approximate surface area is 206 Å². The lowest BCUT2D eigenvalue weighted by Gasteiger charge is -2.29. The number of hydrogen-bond donors (Lipinski definition) is 1. The second-order valence-corrected chi connectivity index (χ2v) is 11.3. The van der Waals surface area contributed by atoms with Crippen LogP contribution in [0.1, 0.15) is 73.7 Å². The Morgan fingerprint density at radius 2 is 1.62 bits per heavy atom. The van der Waals surface area contributed by atoms with E-state index in [1.165, 1.54) is 16.9 Å². The van der Waals surface area contributed by atoms with Gasteiger partial charge in [0.15, 0.2) is 0 Å². The Hall–Kier alpha value is -2.92. The van der Waals surface area contributed by atoms with Crippen LogP contribution in [0.3, 0.4) is 0 Å². The van der Waals surface area contributed by atoms with Crippen LogP contribution >= 0.6 is 11.3 Å². The first-order valence-corrected chi connectivity index (χ1v) is 12.9. The number of carboxylic acid groups (broad SMARTS) is 1. The number of benzene rings is 2. The molecule has 0 bridgehead atoms. The minimum absolute atomic E-state index is 0.0412. The molecule has 178 valence electrons. The molecule has 3 aromatic rings. The van der Waals surface area contributed by atoms with Gasteiger partial charge in [0.2, 0.25) is 5.91 Å². The Morgan fingerprint density at radius 1 is 0.971 bits per heavy atom. The number of rotatable bonds is 6. The van der Waals surface area contributed by atoms with Crippen molar-refractivity contribution in [3.63, 3.8) is 0 Å². The Bertz CT molecular complexity index is 1140. The van der Waals surface area contributed by atoms with E-state index in [0.29, 0.717) is 12.2 Å². The number of nitrogens with zero attached hydrogens (tertiary/aromatic N) is 1. The van der Waals surface area contributed by atoms with Gasteiger partial charge in [-0.3, -0.25) is 4.79 Å². The fourth-order valence-electron chi connectivity index (χ4n) is 4.62. The van der Waals surface area contributed by atoms with Crippen LogP contribution < -0.4 is 4.90 Å². The molecule has 1 aromatic heterocycles. The molecule has 0 saturated heterocycles. The van der Waals surface area contributed by atoms with Gasteiger partial charge in [-0.2, -0.15) is 0 Å². The topological polar surface area (TPSA) is 57.6 Å². The van der Waals surface area contributed by atoms with E-state index in [9.17, 15) is 14.7 Å². The summed E-state index contributed by atoms with van der Waals surface area (Å²) < 4.78 is 0. The summed E-state index contributed by atoms with van der Waals surface area (Å²) in [5.41, 5.74) is 3.74. The van der Waals surface area contributed by atoms with Gasteiger partial charge in [0.05, 0.1) is 12.2 Å². The van der Waals surface area contributed by atoms with Crippen molar-refractivity contribution in [1.82, 2.24) is 0 Å². The summed E-state index contributed by atoms with van der Waals surface area (Å²) in [6, 6.07) is 20.0. The number of carboxylic acids is 1. The molecule has 0 aliphatic heterocycles. The molecule has 1 aliphatic carbocycles. The van der Waals surface area contributed by atoms with Crippen LogP contribution in [0.5, 0.6) is 0 Å². The quantitative estimate of drug-likeness (QED) is 0.401. The first-order chi connectivity index (χ1) is 16.2. The number of hydrogen-bond acceptors (Lipinski definition) is 3. The van der Waals surface area contributed by atoms with Crippen LogP contribution in [0.25, 0.3) is 10.4 Å². The van der Waals surface area contributed by atoms with Crippen molar-refractivity contribution >= 4 is 28.9 Å². The van der Waals surface area contributed by atoms with Crippen LogP contribution in [0, 0.1) is 5.92 Å². The number of amides is 1. The highest BCUT2D eigenvalue weighted by Gasteiger charge is 2.31. The lowest BCUT2D eigenvalue weighted by molar-refractivity contribution is -0.123. The van der Waals surface area contributed by atoms with Gasteiger partial charge in [0.25, 0.3) is 0 Å². The average Bonchev–Trinajstić information content (AvgIpc) is 3.29. The summed E-state index contributed by atoms with van der Waals surface area (Å²) in [6.07, 6.45) is 5.01. The molecular weight excluding hydrogens is 442 g/mol. The van der Waals surface area contributed by atoms with Crippen LogP contribution in [0.15, 0.2) is 60.7 Å². The molecule has 1 fully saturated rings. The zero-order valence-corrected chi connectivity index (χ0v) is 21.0. The molecule has 1 saturated carbocycles. The van der Waals surface area contributed by atoms with Gasteiger partial charge < -0.3 is 10.0 Å². The van der Waals surface area contributed by atoms with Crippen molar-refractivity contribution in [2.24, 2.45) is 5.92 Å². The molecule has 1 amide bonds. The van der Waals surface area contributed by atoms with E-state index in [1.807, 2.05) is 36.4 Å². The first-order valence-electron chi connectivity index (χ1n) is 12.1. The van der Waals surface area contributed by atoms with Crippen LogP contribution in [0.4, 0.5) is 5.69 Å². The summed E-state index contributed by atoms with van der Waals surface area (Å²) in [5.74, 6) is -1.00. The zero-order chi connectivity index (χ0) is 24.3. The molecule has 0 atom stereocenters. The highest BCUT2D eigenvalue weighted by Crippen LogP contribution is 2.39. The number of carbonyl (C=O) groups is 2. The summed E-state index contributed by atoms with van der Waals surface area (Å²) in [4.78, 5) is 28.8. The molecule has 0 radical (unpaired) electrons. The smallest absolute Gasteiger partial charge is 0.348 e. The van der Waals surface area contributed by atoms with Crippen molar-refractivity contribution in [2.75, 3.05) is 4.90 Å². The van der Waals surface area contributed by atoms with E-state index in [1.54, 1.807) is 4.90 Å². The zero-order valence-electron chi connectivity index (χ0n) is 20.2. The number of thiophene rings is 1. The lowest BCUT2D eigenvalue weighted by Crippen LogP contribution is -2.37. The highest BCUT2D eigenvalue weighted by atomic mass is 32.1. The average molecular weight is 476 g/mol. The molecule has 1 heterocycles. The first kappa shape index (κ1) is 24.2. The SMILES string of the molecule is CC(C)(C)c1ccc(CN(C(=O)C2CCCCC2)c2cc(-c3ccccc3)sc2C(=O)O)cc1. The van der Waals surface area contributed by atoms with Gasteiger partial charge in [0.1, 0.15) is 4.88 Å². The largest absolute Gasteiger partial charge is 0.477 e. The van der Waals surface area contributed by atoms with Gasteiger partial charge >= 0.3 is 5.97 Å². The number of carbonyl (C=O) groups excluding carboxylic acids is 1. The van der Waals surface area contributed by atoms with E-state index < -0.39 is 5.97 Å². The molecule has 34 heavy (non-hydrogen) atoms. The molecule has 5 heteroatoms. The predicted molar refractivity (Wildman–Crippen MR) is 140 cm³/mol. The van der Waals surface area contributed by atoms with Crippen molar-refractivity contribution < 1.29 is 14.7 Å². The third-order valence-corrected chi connectivity index (χ3v) is 7.80. The van der Waals surface area contributed by atoms with E-state index in [-0.39, 0.29) is 22.1 Å². The van der Waals surface area contributed by atoms with Crippen molar-refractivity contribution in [1.29, 1.82) is 0 Å².